The van der Waals surface area contributed by atoms with E-state index in [1.54, 1.807) is 24.4 Å². The number of fused-ring (bicyclic) bond motifs is 1. The van der Waals surface area contributed by atoms with Crippen molar-refractivity contribution in [1.82, 2.24) is 9.29 Å². The molecule has 2 heterocycles. The van der Waals surface area contributed by atoms with Gasteiger partial charge in [-0.05, 0) is 23.8 Å². The lowest BCUT2D eigenvalue weighted by molar-refractivity contribution is -0.383. The number of nitro benzene ring substituents is 1. The van der Waals surface area contributed by atoms with E-state index < -0.39 is 14.9 Å². The first-order chi connectivity index (χ1) is 14.0. The average molecular weight is 412 g/mol. The van der Waals surface area contributed by atoms with Crippen LogP contribution in [0.2, 0.25) is 0 Å². The number of sulfonamides is 1. The predicted octanol–water partition coefficient (Wildman–Crippen LogP) is 2.80. The van der Waals surface area contributed by atoms with Crippen LogP contribution in [0.4, 0.5) is 11.4 Å². The summed E-state index contributed by atoms with van der Waals surface area (Å²) in [6.07, 6.45) is 1.61. The number of benzene rings is 2. The quantitative estimate of drug-likeness (QED) is 0.472. The van der Waals surface area contributed by atoms with Gasteiger partial charge in [0.2, 0.25) is 10.0 Å². The predicted molar refractivity (Wildman–Crippen MR) is 111 cm³/mol. The maximum atomic E-state index is 12.8. The summed E-state index contributed by atoms with van der Waals surface area (Å²) in [5.41, 5.74) is 2.12. The fourth-order valence-corrected chi connectivity index (χ4v) is 5.16. The van der Waals surface area contributed by atoms with Crippen molar-refractivity contribution in [3.05, 3.63) is 76.5 Å². The molecule has 0 spiro atoms. The van der Waals surface area contributed by atoms with E-state index in [0.717, 1.165) is 11.3 Å². The van der Waals surface area contributed by atoms with Gasteiger partial charge in [-0.15, -0.1) is 0 Å². The third kappa shape index (κ3) is 3.92. The highest BCUT2D eigenvalue weighted by molar-refractivity contribution is 7.88. The molecule has 0 saturated carbocycles. The Labute approximate surface area is 168 Å². The van der Waals surface area contributed by atoms with Crippen LogP contribution >= 0.6 is 0 Å². The van der Waals surface area contributed by atoms with Gasteiger partial charge in [-0.1, -0.05) is 30.3 Å². The number of nitrogens with zero attached hydrogens (tertiary/aromatic N) is 4. The summed E-state index contributed by atoms with van der Waals surface area (Å²) in [6.45, 7) is 1.72. The van der Waals surface area contributed by atoms with E-state index >= 15 is 0 Å². The van der Waals surface area contributed by atoms with E-state index in [4.69, 9.17) is 0 Å². The largest absolute Gasteiger partial charge is 0.367 e. The monoisotopic (exact) mass is 412 g/mol. The highest BCUT2D eigenvalue weighted by atomic mass is 32.2. The third-order valence-corrected chi connectivity index (χ3v) is 6.94. The van der Waals surface area contributed by atoms with Gasteiger partial charge in [0.05, 0.1) is 21.7 Å². The van der Waals surface area contributed by atoms with Crippen LogP contribution in [0.3, 0.4) is 0 Å². The number of hydrogen-bond donors (Lipinski definition) is 0. The average Bonchev–Trinajstić information content (AvgIpc) is 2.73. The van der Waals surface area contributed by atoms with E-state index in [2.05, 4.69) is 4.98 Å². The second-order valence-corrected chi connectivity index (χ2v) is 8.86. The van der Waals surface area contributed by atoms with Gasteiger partial charge in [0, 0.05) is 38.4 Å². The van der Waals surface area contributed by atoms with Gasteiger partial charge in [0.15, 0.2) is 0 Å². The van der Waals surface area contributed by atoms with Crippen molar-refractivity contribution in [2.75, 3.05) is 31.1 Å². The molecular formula is C20H20N4O4S. The minimum atomic E-state index is -3.40. The van der Waals surface area contributed by atoms with Crippen LogP contribution in [0.5, 0.6) is 0 Å². The maximum absolute atomic E-state index is 12.8. The Bertz CT molecular complexity index is 1140. The number of aromatic nitrogens is 1. The van der Waals surface area contributed by atoms with Gasteiger partial charge in [-0.3, -0.25) is 15.1 Å². The van der Waals surface area contributed by atoms with Crippen LogP contribution in [-0.2, 0) is 15.8 Å². The molecule has 3 aromatic rings. The molecule has 0 aliphatic carbocycles. The lowest BCUT2D eigenvalue weighted by Gasteiger charge is -2.35. The van der Waals surface area contributed by atoms with Gasteiger partial charge >= 0.3 is 0 Å². The molecule has 9 heteroatoms. The van der Waals surface area contributed by atoms with E-state index in [9.17, 15) is 18.5 Å². The first-order valence-corrected chi connectivity index (χ1v) is 10.9. The van der Waals surface area contributed by atoms with Gasteiger partial charge in [0.1, 0.15) is 5.52 Å². The number of pyridine rings is 1. The lowest BCUT2D eigenvalue weighted by Crippen LogP contribution is -2.49. The lowest BCUT2D eigenvalue weighted by atomic mass is 10.1. The topological polar surface area (TPSA) is 96.6 Å². The molecule has 29 heavy (non-hydrogen) atoms. The number of nitro groups is 1. The van der Waals surface area contributed by atoms with E-state index in [-0.39, 0.29) is 11.4 Å². The van der Waals surface area contributed by atoms with Crippen molar-refractivity contribution in [2.24, 2.45) is 0 Å². The van der Waals surface area contributed by atoms with Crippen LogP contribution in [0.25, 0.3) is 10.9 Å². The maximum Gasteiger partial charge on any atom is 0.278 e. The molecule has 4 rings (SSSR count). The van der Waals surface area contributed by atoms with E-state index in [1.807, 2.05) is 35.2 Å². The number of non-ortho nitro benzene ring substituents is 1. The first-order valence-electron chi connectivity index (χ1n) is 9.24. The molecule has 150 valence electrons. The van der Waals surface area contributed by atoms with Gasteiger partial charge in [0.25, 0.3) is 5.69 Å². The van der Waals surface area contributed by atoms with Gasteiger partial charge in [-0.25, -0.2) is 8.42 Å². The highest BCUT2D eigenvalue weighted by Gasteiger charge is 2.28. The highest BCUT2D eigenvalue weighted by Crippen LogP contribution is 2.32. The standard InChI is InChI=1S/C20H20N4O4S/c25-24(26)18-8-9-19(20-17(18)7-4-10-21-20)22-11-13-23(14-12-22)29(27,28)15-16-5-2-1-3-6-16/h1-10H,11-15H2. The molecule has 0 amide bonds. The summed E-state index contributed by atoms with van der Waals surface area (Å²) in [4.78, 5) is 17.3. The molecule has 0 atom stereocenters. The Morgan fingerprint density at radius 1 is 0.966 bits per heavy atom. The Balaban J connectivity index is 1.53. The van der Waals surface area contributed by atoms with Crippen LogP contribution < -0.4 is 4.90 Å². The van der Waals surface area contributed by atoms with E-state index in [0.29, 0.717) is 37.1 Å². The smallest absolute Gasteiger partial charge is 0.278 e. The molecule has 0 radical (unpaired) electrons. The van der Waals surface area contributed by atoms with Crippen molar-refractivity contribution in [2.45, 2.75) is 5.75 Å². The Morgan fingerprint density at radius 3 is 2.38 bits per heavy atom. The molecule has 1 fully saturated rings. The van der Waals surface area contributed by atoms with Gasteiger partial charge < -0.3 is 4.90 Å². The number of hydrogen-bond acceptors (Lipinski definition) is 6. The van der Waals surface area contributed by atoms with Crippen LogP contribution in [0, 0.1) is 10.1 Å². The number of piperazine rings is 1. The zero-order valence-corrected chi connectivity index (χ0v) is 16.5. The zero-order chi connectivity index (χ0) is 20.4. The summed E-state index contributed by atoms with van der Waals surface area (Å²) in [6, 6.07) is 15.7. The number of rotatable bonds is 5. The van der Waals surface area contributed by atoms with Crippen LogP contribution in [-0.4, -0.2) is 48.8 Å². The van der Waals surface area contributed by atoms with Crippen molar-refractivity contribution >= 4 is 32.3 Å². The van der Waals surface area contributed by atoms with Crippen molar-refractivity contribution in [1.29, 1.82) is 0 Å². The fraction of sp³-hybridized carbons (Fsp3) is 0.250. The van der Waals surface area contributed by atoms with Crippen molar-refractivity contribution in [3.8, 4) is 0 Å². The molecule has 1 aliphatic heterocycles. The third-order valence-electron chi connectivity index (χ3n) is 5.09. The molecule has 1 aromatic heterocycles. The van der Waals surface area contributed by atoms with Crippen molar-refractivity contribution < 1.29 is 13.3 Å². The molecule has 1 aliphatic rings. The van der Waals surface area contributed by atoms with Gasteiger partial charge in [-0.2, -0.15) is 4.31 Å². The molecule has 0 bridgehead atoms. The molecule has 2 aromatic carbocycles. The fourth-order valence-electron chi connectivity index (χ4n) is 3.64. The molecule has 1 saturated heterocycles. The van der Waals surface area contributed by atoms with Crippen molar-refractivity contribution in [3.63, 3.8) is 0 Å². The Hall–Kier alpha value is -3.04. The second kappa shape index (κ2) is 7.76. The summed E-state index contributed by atoms with van der Waals surface area (Å²) in [7, 11) is -3.40. The normalized spacial score (nSPS) is 15.5. The van der Waals surface area contributed by atoms with Crippen LogP contribution in [0.1, 0.15) is 5.56 Å². The molecule has 0 unspecified atom stereocenters. The molecule has 8 nitrogen and oxygen atoms in total. The summed E-state index contributed by atoms with van der Waals surface area (Å²) in [5.74, 6) is -0.0180. The first kappa shape index (κ1) is 19.3. The summed E-state index contributed by atoms with van der Waals surface area (Å²) < 4.78 is 27.0. The Morgan fingerprint density at radius 2 is 1.69 bits per heavy atom. The second-order valence-electron chi connectivity index (χ2n) is 6.89. The van der Waals surface area contributed by atoms with E-state index in [1.165, 1.54) is 10.4 Å². The Kier molecular flexibility index (Phi) is 5.16. The summed E-state index contributed by atoms with van der Waals surface area (Å²) in [5, 5.41) is 11.8. The molecule has 0 N–H and O–H groups in total. The SMILES string of the molecule is O=[N+]([O-])c1ccc(N2CCN(S(=O)(=O)Cc3ccccc3)CC2)c2ncccc12. The molecular weight excluding hydrogens is 392 g/mol. The minimum absolute atomic E-state index is 0.0147. The summed E-state index contributed by atoms with van der Waals surface area (Å²) >= 11 is 0. The minimum Gasteiger partial charge on any atom is -0.367 e. The van der Waals surface area contributed by atoms with Crippen LogP contribution in [0.15, 0.2) is 60.8 Å². The zero-order valence-electron chi connectivity index (χ0n) is 15.6. The number of anilines is 1.